The SMILES string of the molecule is O=C(c1cc(-c2ccccc2F)nn1-c1ccccc1Cl)N1CCc2ccccc2C1. The Balaban J connectivity index is 1.59. The number of hydrogen-bond acceptors (Lipinski definition) is 2. The lowest BCUT2D eigenvalue weighted by Crippen LogP contribution is -2.37. The molecule has 1 aliphatic heterocycles. The fraction of sp³-hybridized carbons (Fsp3) is 0.120. The van der Waals surface area contributed by atoms with E-state index in [1.54, 1.807) is 41.3 Å². The highest BCUT2D eigenvalue weighted by molar-refractivity contribution is 6.32. The van der Waals surface area contributed by atoms with Gasteiger partial charge in [0.25, 0.3) is 5.91 Å². The Morgan fingerprint density at radius 3 is 2.45 bits per heavy atom. The van der Waals surface area contributed by atoms with Gasteiger partial charge < -0.3 is 4.90 Å². The molecule has 0 N–H and O–H groups in total. The highest BCUT2D eigenvalue weighted by Gasteiger charge is 2.27. The van der Waals surface area contributed by atoms with E-state index >= 15 is 0 Å². The van der Waals surface area contributed by atoms with E-state index in [1.807, 2.05) is 30.3 Å². The van der Waals surface area contributed by atoms with Gasteiger partial charge in [-0.25, -0.2) is 9.07 Å². The van der Waals surface area contributed by atoms with Crippen LogP contribution in [0.4, 0.5) is 4.39 Å². The summed E-state index contributed by atoms with van der Waals surface area (Å²) in [7, 11) is 0. The van der Waals surface area contributed by atoms with Crippen molar-refractivity contribution in [1.29, 1.82) is 0 Å². The summed E-state index contributed by atoms with van der Waals surface area (Å²) in [6, 6.07) is 23.4. The zero-order chi connectivity index (χ0) is 21.4. The molecule has 0 aliphatic carbocycles. The molecular weight excluding hydrogens is 413 g/mol. The number of rotatable bonds is 3. The van der Waals surface area contributed by atoms with Crippen LogP contribution in [0, 0.1) is 5.82 Å². The van der Waals surface area contributed by atoms with Crippen molar-refractivity contribution in [3.8, 4) is 16.9 Å². The van der Waals surface area contributed by atoms with Gasteiger partial charge in [-0.15, -0.1) is 0 Å². The van der Waals surface area contributed by atoms with Crippen LogP contribution in [0.15, 0.2) is 78.9 Å². The lowest BCUT2D eigenvalue weighted by molar-refractivity contribution is 0.0725. The van der Waals surface area contributed by atoms with E-state index < -0.39 is 5.82 Å². The van der Waals surface area contributed by atoms with Gasteiger partial charge in [-0.3, -0.25) is 4.79 Å². The first-order valence-electron chi connectivity index (χ1n) is 10.1. The van der Waals surface area contributed by atoms with Crippen LogP contribution >= 0.6 is 11.6 Å². The van der Waals surface area contributed by atoms with Gasteiger partial charge in [0.1, 0.15) is 11.5 Å². The van der Waals surface area contributed by atoms with E-state index in [2.05, 4.69) is 11.2 Å². The molecule has 0 bridgehead atoms. The van der Waals surface area contributed by atoms with E-state index in [0.29, 0.717) is 40.8 Å². The molecular formula is C25H19ClFN3O. The van der Waals surface area contributed by atoms with E-state index in [4.69, 9.17) is 11.6 Å². The van der Waals surface area contributed by atoms with E-state index in [-0.39, 0.29) is 5.91 Å². The predicted molar refractivity (Wildman–Crippen MR) is 119 cm³/mol. The molecule has 4 aromatic rings. The molecule has 0 unspecified atom stereocenters. The summed E-state index contributed by atoms with van der Waals surface area (Å²) in [6.07, 6.45) is 0.794. The Morgan fingerprint density at radius 2 is 1.65 bits per heavy atom. The fourth-order valence-electron chi connectivity index (χ4n) is 3.97. The molecule has 2 heterocycles. The molecule has 1 aliphatic rings. The van der Waals surface area contributed by atoms with Crippen molar-refractivity contribution in [3.05, 3.63) is 107 Å². The highest BCUT2D eigenvalue weighted by Crippen LogP contribution is 2.29. The van der Waals surface area contributed by atoms with Crippen molar-refractivity contribution in [2.45, 2.75) is 13.0 Å². The third-order valence-electron chi connectivity index (χ3n) is 5.58. The predicted octanol–water partition coefficient (Wildman–Crippen LogP) is 5.53. The summed E-state index contributed by atoms with van der Waals surface area (Å²) in [6.45, 7) is 1.14. The zero-order valence-corrected chi connectivity index (χ0v) is 17.4. The van der Waals surface area contributed by atoms with Crippen molar-refractivity contribution < 1.29 is 9.18 Å². The molecule has 6 heteroatoms. The van der Waals surface area contributed by atoms with E-state index in [9.17, 15) is 9.18 Å². The van der Waals surface area contributed by atoms with Crippen LogP contribution in [0.5, 0.6) is 0 Å². The third kappa shape index (κ3) is 3.62. The third-order valence-corrected chi connectivity index (χ3v) is 5.90. The van der Waals surface area contributed by atoms with Gasteiger partial charge in [-0.2, -0.15) is 5.10 Å². The average Bonchev–Trinajstić information content (AvgIpc) is 3.23. The molecule has 1 amide bonds. The molecule has 0 spiro atoms. The maximum Gasteiger partial charge on any atom is 0.272 e. The minimum absolute atomic E-state index is 0.162. The minimum Gasteiger partial charge on any atom is -0.333 e. The van der Waals surface area contributed by atoms with Gasteiger partial charge in [0, 0.05) is 18.7 Å². The van der Waals surface area contributed by atoms with Crippen LogP contribution in [-0.4, -0.2) is 27.1 Å². The Kier molecular flexibility index (Phi) is 5.04. The molecule has 31 heavy (non-hydrogen) atoms. The lowest BCUT2D eigenvalue weighted by atomic mass is 9.99. The maximum absolute atomic E-state index is 14.4. The summed E-state index contributed by atoms with van der Waals surface area (Å²) in [5.41, 5.74) is 4.06. The summed E-state index contributed by atoms with van der Waals surface area (Å²) in [5.74, 6) is -0.554. The monoisotopic (exact) mass is 431 g/mol. The highest BCUT2D eigenvalue weighted by atomic mass is 35.5. The van der Waals surface area contributed by atoms with Gasteiger partial charge in [-0.1, -0.05) is 60.1 Å². The molecule has 0 atom stereocenters. The summed E-state index contributed by atoms with van der Waals surface area (Å²) in [5, 5.41) is 5.04. The molecule has 3 aromatic carbocycles. The molecule has 5 rings (SSSR count). The van der Waals surface area contributed by atoms with Crippen molar-refractivity contribution >= 4 is 17.5 Å². The van der Waals surface area contributed by atoms with Crippen molar-refractivity contribution in [1.82, 2.24) is 14.7 Å². The first kappa shape index (κ1) is 19.5. The number of hydrogen-bond donors (Lipinski definition) is 0. The van der Waals surface area contributed by atoms with Gasteiger partial charge in [0.05, 0.1) is 16.4 Å². The molecule has 0 fully saturated rings. The Morgan fingerprint density at radius 1 is 0.935 bits per heavy atom. The summed E-state index contributed by atoms with van der Waals surface area (Å²) < 4.78 is 16.0. The molecule has 0 saturated carbocycles. The largest absolute Gasteiger partial charge is 0.333 e. The zero-order valence-electron chi connectivity index (χ0n) is 16.6. The van der Waals surface area contributed by atoms with Gasteiger partial charge in [-0.05, 0) is 47.9 Å². The second-order valence-electron chi connectivity index (χ2n) is 7.50. The van der Waals surface area contributed by atoms with Gasteiger partial charge in [0.2, 0.25) is 0 Å². The first-order chi connectivity index (χ1) is 15.1. The molecule has 0 radical (unpaired) electrons. The number of fused-ring (bicyclic) bond motifs is 1. The van der Waals surface area contributed by atoms with Crippen LogP contribution in [0.3, 0.4) is 0 Å². The van der Waals surface area contributed by atoms with Gasteiger partial charge >= 0.3 is 0 Å². The number of amides is 1. The number of halogens is 2. The Hall–Kier alpha value is -3.44. The van der Waals surface area contributed by atoms with Crippen molar-refractivity contribution in [2.24, 2.45) is 0 Å². The van der Waals surface area contributed by atoms with Crippen LogP contribution in [0.1, 0.15) is 21.6 Å². The second-order valence-corrected chi connectivity index (χ2v) is 7.91. The number of nitrogens with zero attached hydrogens (tertiary/aromatic N) is 3. The quantitative estimate of drug-likeness (QED) is 0.427. The molecule has 1 aromatic heterocycles. The second kappa shape index (κ2) is 8.00. The molecule has 154 valence electrons. The van der Waals surface area contributed by atoms with Crippen molar-refractivity contribution in [2.75, 3.05) is 6.54 Å². The van der Waals surface area contributed by atoms with Crippen LogP contribution in [-0.2, 0) is 13.0 Å². The Bertz CT molecular complexity index is 1280. The number of benzene rings is 3. The number of carbonyl (C=O) groups excluding carboxylic acids is 1. The Labute approximate surface area is 184 Å². The number of aromatic nitrogens is 2. The fourth-order valence-corrected chi connectivity index (χ4v) is 4.19. The van der Waals surface area contributed by atoms with Gasteiger partial charge in [0.15, 0.2) is 0 Å². The van der Waals surface area contributed by atoms with Crippen LogP contribution in [0.2, 0.25) is 5.02 Å². The number of para-hydroxylation sites is 1. The topological polar surface area (TPSA) is 38.1 Å². The van der Waals surface area contributed by atoms with Crippen LogP contribution < -0.4 is 0 Å². The minimum atomic E-state index is -0.391. The summed E-state index contributed by atoms with van der Waals surface area (Å²) in [4.78, 5) is 15.4. The standard InChI is InChI=1S/C25H19ClFN3O/c26-20-10-4-6-12-23(20)30-24(15-22(28-30)19-9-3-5-11-21(19)27)25(31)29-14-13-17-7-1-2-8-18(17)16-29/h1-12,15H,13-14,16H2. The smallest absolute Gasteiger partial charge is 0.272 e. The van der Waals surface area contributed by atoms with Crippen molar-refractivity contribution in [3.63, 3.8) is 0 Å². The maximum atomic E-state index is 14.4. The lowest BCUT2D eigenvalue weighted by Gasteiger charge is -2.29. The normalized spacial score (nSPS) is 13.2. The molecule has 4 nitrogen and oxygen atoms in total. The first-order valence-corrected chi connectivity index (χ1v) is 10.5. The van der Waals surface area contributed by atoms with E-state index in [0.717, 1.165) is 12.0 Å². The van der Waals surface area contributed by atoms with E-state index in [1.165, 1.54) is 16.3 Å². The number of carbonyl (C=O) groups is 1. The molecule has 0 saturated heterocycles. The summed E-state index contributed by atoms with van der Waals surface area (Å²) >= 11 is 6.41. The average molecular weight is 432 g/mol. The van der Waals surface area contributed by atoms with Crippen LogP contribution in [0.25, 0.3) is 16.9 Å².